The van der Waals surface area contributed by atoms with Crippen molar-refractivity contribution in [1.82, 2.24) is 14.7 Å². The van der Waals surface area contributed by atoms with Crippen LogP contribution >= 0.6 is 0 Å². The highest BCUT2D eigenvalue weighted by atomic mass is 16.5. The number of ether oxygens (including phenoxy) is 1. The third-order valence-electron chi connectivity index (χ3n) is 5.25. The highest BCUT2D eigenvalue weighted by Crippen LogP contribution is 2.35. The first-order chi connectivity index (χ1) is 11.7. The Morgan fingerprint density at radius 1 is 1.29 bits per heavy atom. The van der Waals surface area contributed by atoms with Crippen molar-refractivity contribution in [3.63, 3.8) is 0 Å². The summed E-state index contributed by atoms with van der Waals surface area (Å²) in [5, 5.41) is 14.5. The van der Waals surface area contributed by atoms with Gasteiger partial charge in [0.1, 0.15) is 5.75 Å². The molecule has 1 saturated heterocycles. The number of benzene rings is 1. The largest absolute Gasteiger partial charge is 0.508 e. The molecule has 24 heavy (non-hydrogen) atoms. The molecule has 2 heterocycles. The van der Waals surface area contributed by atoms with Crippen LogP contribution in [-0.2, 0) is 24.1 Å². The monoisotopic (exact) mass is 327 g/mol. The lowest BCUT2D eigenvalue weighted by Crippen LogP contribution is -2.58. The number of hydrogen-bond acceptors (Lipinski definition) is 4. The van der Waals surface area contributed by atoms with Gasteiger partial charge in [0.25, 0.3) is 0 Å². The Morgan fingerprint density at radius 3 is 3.00 bits per heavy atom. The van der Waals surface area contributed by atoms with Crippen LogP contribution < -0.4 is 0 Å². The zero-order valence-corrected chi connectivity index (χ0v) is 14.1. The maximum atomic E-state index is 10.2. The van der Waals surface area contributed by atoms with Crippen LogP contribution in [-0.4, -0.2) is 51.1 Å². The quantitative estimate of drug-likeness (QED) is 0.936. The molecule has 0 unspecified atom stereocenters. The van der Waals surface area contributed by atoms with Crippen LogP contribution in [0.25, 0.3) is 0 Å². The van der Waals surface area contributed by atoms with Gasteiger partial charge in [-0.3, -0.25) is 9.58 Å². The van der Waals surface area contributed by atoms with E-state index in [2.05, 4.69) is 23.0 Å². The molecule has 0 spiro atoms. The number of aromatic nitrogens is 2. The van der Waals surface area contributed by atoms with E-state index in [1.54, 1.807) is 6.07 Å². The minimum atomic E-state index is 0.144. The Bertz CT molecular complexity index is 686. The Kier molecular flexibility index (Phi) is 4.29. The molecule has 1 aromatic heterocycles. The lowest BCUT2D eigenvalue weighted by molar-refractivity contribution is -0.128. The van der Waals surface area contributed by atoms with Crippen molar-refractivity contribution in [2.24, 2.45) is 0 Å². The van der Waals surface area contributed by atoms with Crippen LogP contribution in [0.2, 0.25) is 0 Å². The van der Waals surface area contributed by atoms with Crippen LogP contribution in [0.3, 0.4) is 0 Å². The van der Waals surface area contributed by atoms with Crippen molar-refractivity contribution in [2.75, 3.05) is 13.1 Å². The zero-order chi connectivity index (χ0) is 16.5. The maximum absolute atomic E-state index is 10.2. The highest BCUT2D eigenvalue weighted by Gasteiger charge is 2.40. The molecule has 0 amide bonds. The van der Waals surface area contributed by atoms with Gasteiger partial charge in [-0.25, -0.2) is 0 Å². The molecule has 128 valence electrons. The van der Waals surface area contributed by atoms with E-state index in [0.717, 1.165) is 44.5 Å². The molecule has 3 atom stereocenters. The van der Waals surface area contributed by atoms with Crippen molar-refractivity contribution < 1.29 is 9.84 Å². The smallest absolute Gasteiger partial charge is 0.119 e. The minimum Gasteiger partial charge on any atom is -0.508 e. The molecule has 0 saturated carbocycles. The fraction of sp³-hybridized carbons (Fsp3) is 0.526. The number of hydrogen-bond donors (Lipinski definition) is 1. The van der Waals surface area contributed by atoms with Crippen LogP contribution in [0.4, 0.5) is 0 Å². The second kappa shape index (κ2) is 6.57. The highest BCUT2D eigenvalue weighted by molar-refractivity contribution is 5.42. The molecule has 5 nitrogen and oxygen atoms in total. The van der Waals surface area contributed by atoms with E-state index in [1.807, 2.05) is 29.2 Å². The van der Waals surface area contributed by atoms with Crippen LogP contribution in [0.15, 0.2) is 36.7 Å². The van der Waals surface area contributed by atoms with E-state index in [9.17, 15) is 5.11 Å². The Balaban J connectivity index is 1.57. The van der Waals surface area contributed by atoms with Crippen LogP contribution in [0.5, 0.6) is 5.75 Å². The Morgan fingerprint density at radius 2 is 2.21 bits per heavy atom. The Labute approximate surface area is 142 Å². The van der Waals surface area contributed by atoms with E-state index < -0.39 is 0 Å². The van der Waals surface area contributed by atoms with Gasteiger partial charge in [0.15, 0.2) is 0 Å². The summed E-state index contributed by atoms with van der Waals surface area (Å²) in [6.45, 7) is 5.05. The fourth-order valence-electron chi connectivity index (χ4n) is 4.19. The summed E-state index contributed by atoms with van der Waals surface area (Å²) in [4.78, 5) is 2.58. The van der Waals surface area contributed by atoms with Gasteiger partial charge in [-0.05, 0) is 42.6 Å². The van der Waals surface area contributed by atoms with Crippen molar-refractivity contribution in [3.8, 4) is 5.75 Å². The fourth-order valence-corrected chi connectivity index (χ4v) is 4.19. The summed E-state index contributed by atoms with van der Waals surface area (Å²) in [7, 11) is 0. The molecule has 1 aromatic carbocycles. The molecule has 5 heteroatoms. The third kappa shape index (κ3) is 2.94. The van der Waals surface area contributed by atoms with Gasteiger partial charge >= 0.3 is 0 Å². The second-order valence-corrected chi connectivity index (χ2v) is 6.91. The number of rotatable bonds is 4. The average Bonchev–Trinajstić information content (AvgIpc) is 3.07. The van der Waals surface area contributed by atoms with Gasteiger partial charge in [-0.1, -0.05) is 19.1 Å². The lowest BCUT2D eigenvalue weighted by atomic mass is 9.83. The molecular weight excluding hydrogens is 302 g/mol. The van der Waals surface area contributed by atoms with Crippen molar-refractivity contribution in [1.29, 1.82) is 0 Å². The van der Waals surface area contributed by atoms with Crippen molar-refractivity contribution in [2.45, 2.75) is 51.0 Å². The molecule has 1 fully saturated rings. The minimum absolute atomic E-state index is 0.144. The van der Waals surface area contributed by atoms with Gasteiger partial charge in [-0.15, -0.1) is 0 Å². The summed E-state index contributed by atoms with van der Waals surface area (Å²) in [5.41, 5.74) is 2.33. The predicted octanol–water partition coefficient (Wildman–Crippen LogP) is 2.24. The summed E-state index contributed by atoms with van der Waals surface area (Å²) in [5.74, 6) is 0.408. The van der Waals surface area contributed by atoms with E-state index in [1.165, 1.54) is 5.56 Å². The van der Waals surface area contributed by atoms with E-state index in [0.29, 0.717) is 11.8 Å². The molecule has 0 bridgehead atoms. The number of phenols is 1. The third-order valence-corrected chi connectivity index (χ3v) is 5.25. The predicted molar refractivity (Wildman–Crippen MR) is 92.1 cm³/mol. The summed E-state index contributed by atoms with van der Waals surface area (Å²) in [6.07, 6.45) is 6.99. The Hall–Kier alpha value is -1.85. The van der Waals surface area contributed by atoms with Gasteiger partial charge < -0.3 is 9.84 Å². The van der Waals surface area contributed by atoms with Crippen molar-refractivity contribution >= 4 is 0 Å². The zero-order valence-electron chi connectivity index (χ0n) is 14.1. The first kappa shape index (κ1) is 15.7. The lowest BCUT2D eigenvalue weighted by Gasteiger charge is -2.47. The molecule has 1 aliphatic heterocycles. The molecular formula is C19H25N3O2. The number of morpholine rings is 1. The SMILES string of the molecule is CCCN1C[C@@H](Cn2cccn2)O[C@@H]2Cc3c(O)cccc3C[C@H]21. The average molecular weight is 327 g/mol. The standard InChI is InChI=1S/C19H25N3O2/c1-2-8-21-12-15(13-22-9-4-7-20-22)24-19-11-16-14(10-17(19)21)5-3-6-18(16)23/h3-7,9,15,17,19,23H,2,8,10-13H2,1H3/t15-,17+,19+/m0/s1. The van der Waals surface area contributed by atoms with E-state index >= 15 is 0 Å². The van der Waals surface area contributed by atoms with Crippen LogP contribution in [0.1, 0.15) is 24.5 Å². The topological polar surface area (TPSA) is 50.5 Å². The number of phenolic OH excluding ortho intramolecular Hbond substituents is 1. The van der Waals surface area contributed by atoms with E-state index in [4.69, 9.17) is 4.74 Å². The van der Waals surface area contributed by atoms with E-state index in [-0.39, 0.29) is 12.2 Å². The number of nitrogens with zero attached hydrogens (tertiary/aromatic N) is 3. The van der Waals surface area contributed by atoms with Gasteiger partial charge in [0.05, 0.1) is 18.8 Å². The van der Waals surface area contributed by atoms with Crippen molar-refractivity contribution in [3.05, 3.63) is 47.8 Å². The molecule has 1 aliphatic carbocycles. The molecule has 2 aliphatic rings. The van der Waals surface area contributed by atoms with Gasteiger partial charge in [0, 0.05) is 31.4 Å². The summed E-state index contributed by atoms with van der Waals surface area (Å²) in [6, 6.07) is 8.24. The first-order valence-corrected chi connectivity index (χ1v) is 8.91. The number of aromatic hydroxyl groups is 1. The second-order valence-electron chi connectivity index (χ2n) is 6.91. The molecule has 2 aromatic rings. The van der Waals surface area contributed by atoms with Gasteiger partial charge in [-0.2, -0.15) is 5.10 Å². The molecule has 1 N–H and O–H groups in total. The number of fused-ring (bicyclic) bond motifs is 2. The van der Waals surface area contributed by atoms with Gasteiger partial charge in [0.2, 0.25) is 0 Å². The van der Waals surface area contributed by atoms with Crippen LogP contribution in [0, 0.1) is 0 Å². The maximum Gasteiger partial charge on any atom is 0.119 e. The summed E-state index contributed by atoms with van der Waals surface area (Å²) < 4.78 is 8.39. The summed E-state index contributed by atoms with van der Waals surface area (Å²) >= 11 is 0. The first-order valence-electron chi connectivity index (χ1n) is 8.91. The molecule has 4 rings (SSSR count). The molecule has 0 radical (unpaired) electrons. The normalized spacial score (nSPS) is 26.8.